The summed E-state index contributed by atoms with van der Waals surface area (Å²) in [4.78, 5) is 6.21. The monoisotopic (exact) mass is 256 g/mol. The van der Waals surface area contributed by atoms with E-state index in [0.717, 1.165) is 6.54 Å². The number of hydrogen-bond donors (Lipinski definition) is 0. The van der Waals surface area contributed by atoms with E-state index in [-0.39, 0.29) is 12.4 Å². The summed E-state index contributed by atoms with van der Waals surface area (Å²) in [5.41, 5.74) is 0.666. The van der Waals surface area contributed by atoms with E-state index in [2.05, 4.69) is 4.98 Å². The van der Waals surface area contributed by atoms with Gasteiger partial charge in [-0.1, -0.05) is 0 Å². The zero-order valence-corrected chi connectivity index (χ0v) is 11.3. The van der Waals surface area contributed by atoms with Crippen LogP contribution in [0.15, 0.2) is 10.7 Å². The van der Waals surface area contributed by atoms with Crippen molar-refractivity contribution in [1.29, 1.82) is 0 Å². The molecule has 6 nitrogen and oxygen atoms in total. The summed E-state index contributed by atoms with van der Waals surface area (Å²) in [7, 11) is 1.91. The van der Waals surface area contributed by atoms with Crippen molar-refractivity contribution in [2.45, 2.75) is 39.5 Å². The third kappa shape index (κ3) is 3.22. The molecule has 0 bridgehead atoms. The van der Waals surface area contributed by atoms with Crippen LogP contribution >= 0.6 is 0 Å². The van der Waals surface area contributed by atoms with Gasteiger partial charge in [-0.3, -0.25) is 0 Å². The Kier molecular flexibility index (Phi) is 4.21. The molecule has 0 aromatic carbocycles. The van der Waals surface area contributed by atoms with Gasteiger partial charge in [0.1, 0.15) is 12.0 Å². The van der Waals surface area contributed by atoms with E-state index in [4.69, 9.17) is 18.6 Å². The highest BCUT2D eigenvalue weighted by atomic mass is 16.9. The smallest absolute Gasteiger partial charge is 0.297 e. The predicted molar refractivity (Wildman–Crippen MR) is 65.2 cm³/mol. The average molecular weight is 256 g/mol. The maximum atomic E-state index is 5.47. The van der Waals surface area contributed by atoms with Crippen molar-refractivity contribution in [2.24, 2.45) is 0 Å². The predicted octanol–water partition coefficient (Wildman–Crippen LogP) is 1.93. The molecule has 2 heterocycles. The molecule has 0 aliphatic carbocycles. The van der Waals surface area contributed by atoms with E-state index >= 15 is 0 Å². The number of ether oxygens (including phenoxy) is 3. The average Bonchev–Trinajstić information content (AvgIpc) is 2.73. The molecule has 1 saturated heterocycles. The topological polar surface area (TPSA) is 57.0 Å². The lowest BCUT2D eigenvalue weighted by Crippen LogP contribution is -2.32. The molecule has 0 unspecified atom stereocenters. The number of anilines is 1. The van der Waals surface area contributed by atoms with Crippen molar-refractivity contribution in [3.05, 3.63) is 12.0 Å². The van der Waals surface area contributed by atoms with Crippen molar-refractivity contribution in [1.82, 2.24) is 4.98 Å². The maximum absolute atomic E-state index is 5.47. The fourth-order valence-electron chi connectivity index (χ4n) is 1.58. The summed E-state index contributed by atoms with van der Waals surface area (Å²) in [6.45, 7) is 7.22. The Hall–Kier alpha value is -1.11. The lowest BCUT2D eigenvalue weighted by Gasteiger charge is -2.31. The van der Waals surface area contributed by atoms with Crippen LogP contribution in [-0.4, -0.2) is 37.6 Å². The van der Waals surface area contributed by atoms with Crippen molar-refractivity contribution >= 4 is 6.01 Å². The molecule has 1 aromatic rings. The molecule has 1 fully saturated rings. The first kappa shape index (κ1) is 13.3. The minimum absolute atomic E-state index is 0.160. The van der Waals surface area contributed by atoms with Crippen LogP contribution in [0.1, 0.15) is 32.8 Å². The summed E-state index contributed by atoms with van der Waals surface area (Å²) in [5, 5.41) is 0. The standard InChI is InChI=1S/C12H20N2O4/c1-8(2)15-6-5-14(4)12-13-10(7-16-12)11-17-9(3)18-11/h7-9,11H,5-6H2,1-4H3. The van der Waals surface area contributed by atoms with Gasteiger partial charge in [0.2, 0.25) is 6.29 Å². The Morgan fingerprint density at radius 1 is 1.44 bits per heavy atom. The molecule has 1 aliphatic heterocycles. The van der Waals surface area contributed by atoms with Crippen molar-refractivity contribution < 1.29 is 18.6 Å². The number of hydrogen-bond acceptors (Lipinski definition) is 6. The molecule has 0 atom stereocenters. The molecule has 0 spiro atoms. The largest absolute Gasteiger partial charge is 0.432 e. The molecular formula is C12H20N2O4. The molecule has 0 N–H and O–H groups in total. The second-order valence-corrected chi connectivity index (χ2v) is 4.57. The summed E-state index contributed by atoms with van der Waals surface area (Å²) < 4.78 is 21.5. The first-order valence-corrected chi connectivity index (χ1v) is 6.15. The number of likely N-dealkylation sites (N-methyl/N-ethyl adjacent to an activating group) is 1. The van der Waals surface area contributed by atoms with Crippen molar-refractivity contribution in [2.75, 3.05) is 25.1 Å². The van der Waals surface area contributed by atoms with Gasteiger partial charge in [0.25, 0.3) is 6.01 Å². The minimum atomic E-state index is -0.391. The summed E-state index contributed by atoms with van der Waals surface area (Å²) in [6.07, 6.45) is 1.24. The molecule has 102 valence electrons. The van der Waals surface area contributed by atoms with Gasteiger partial charge in [-0.25, -0.2) is 0 Å². The lowest BCUT2D eigenvalue weighted by atomic mass is 10.4. The third-order valence-electron chi connectivity index (χ3n) is 2.59. The Balaban J connectivity index is 1.81. The van der Waals surface area contributed by atoms with Crippen LogP contribution in [-0.2, 0) is 14.2 Å². The zero-order chi connectivity index (χ0) is 13.1. The first-order valence-electron chi connectivity index (χ1n) is 6.15. The molecule has 6 heteroatoms. The second-order valence-electron chi connectivity index (χ2n) is 4.57. The van der Waals surface area contributed by atoms with Gasteiger partial charge >= 0.3 is 0 Å². The zero-order valence-electron chi connectivity index (χ0n) is 11.3. The van der Waals surface area contributed by atoms with Crippen LogP contribution in [0.3, 0.4) is 0 Å². The molecule has 18 heavy (non-hydrogen) atoms. The van der Waals surface area contributed by atoms with E-state index in [0.29, 0.717) is 18.3 Å². The molecule has 1 aliphatic rings. The van der Waals surface area contributed by atoms with Crippen LogP contribution in [0.4, 0.5) is 6.01 Å². The van der Waals surface area contributed by atoms with Gasteiger partial charge < -0.3 is 23.5 Å². The van der Waals surface area contributed by atoms with Gasteiger partial charge in [0.15, 0.2) is 6.29 Å². The summed E-state index contributed by atoms with van der Waals surface area (Å²) in [6, 6.07) is 0.545. The maximum Gasteiger partial charge on any atom is 0.297 e. The minimum Gasteiger partial charge on any atom is -0.432 e. The van der Waals surface area contributed by atoms with E-state index < -0.39 is 6.29 Å². The molecular weight excluding hydrogens is 236 g/mol. The molecule has 0 radical (unpaired) electrons. The third-order valence-corrected chi connectivity index (χ3v) is 2.59. The van der Waals surface area contributed by atoms with E-state index in [1.54, 1.807) is 6.26 Å². The molecule has 1 aromatic heterocycles. The fraction of sp³-hybridized carbons (Fsp3) is 0.750. The van der Waals surface area contributed by atoms with E-state index in [1.807, 2.05) is 32.7 Å². The van der Waals surface area contributed by atoms with Crippen LogP contribution < -0.4 is 4.90 Å². The number of oxazole rings is 1. The van der Waals surface area contributed by atoms with Gasteiger partial charge in [-0.05, 0) is 20.8 Å². The van der Waals surface area contributed by atoms with E-state index in [1.165, 1.54) is 0 Å². The Morgan fingerprint density at radius 3 is 2.78 bits per heavy atom. The highest BCUT2D eigenvalue weighted by Gasteiger charge is 2.31. The molecule has 0 saturated carbocycles. The van der Waals surface area contributed by atoms with Gasteiger partial charge in [0.05, 0.1) is 12.7 Å². The van der Waals surface area contributed by atoms with Crippen molar-refractivity contribution in [3.8, 4) is 0 Å². The summed E-state index contributed by atoms with van der Waals surface area (Å²) in [5.74, 6) is 0. The molecule has 0 amide bonds. The van der Waals surface area contributed by atoms with Gasteiger partial charge in [-0.15, -0.1) is 0 Å². The second kappa shape index (κ2) is 5.69. The fourth-order valence-corrected chi connectivity index (χ4v) is 1.58. The van der Waals surface area contributed by atoms with Gasteiger partial charge in [0, 0.05) is 13.6 Å². The van der Waals surface area contributed by atoms with Crippen LogP contribution in [0.2, 0.25) is 0 Å². The van der Waals surface area contributed by atoms with Crippen LogP contribution in [0.5, 0.6) is 0 Å². The highest BCUT2D eigenvalue weighted by molar-refractivity contribution is 5.25. The molecule has 2 rings (SSSR count). The highest BCUT2D eigenvalue weighted by Crippen LogP contribution is 2.31. The summed E-state index contributed by atoms with van der Waals surface area (Å²) >= 11 is 0. The van der Waals surface area contributed by atoms with Gasteiger partial charge in [-0.2, -0.15) is 4.98 Å². The Morgan fingerprint density at radius 2 is 2.17 bits per heavy atom. The van der Waals surface area contributed by atoms with Crippen LogP contribution in [0.25, 0.3) is 0 Å². The lowest BCUT2D eigenvalue weighted by molar-refractivity contribution is -0.383. The quantitative estimate of drug-likeness (QED) is 0.775. The SMILES string of the molecule is CC(C)OCCN(C)c1nc(C2OC(C)O2)co1. The first-order chi connectivity index (χ1) is 8.56. The Labute approximate surface area is 107 Å². The van der Waals surface area contributed by atoms with E-state index in [9.17, 15) is 0 Å². The number of nitrogens with zero attached hydrogens (tertiary/aromatic N) is 2. The normalized spacial score (nSPS) is 23.2. The van der Waals surface area contributed by atoms with Crippen LogP contribution in [0, 0.1) is 0 Å². The number of rotatable bonds is 6. The Bertz CT molecular complexity index is 374. The van der Waals surface area contributed by atoms with Crippen molar-refractivity contribution in [3.63, 3.8) is 0 Å². The number of aromatic nitrogens is 1.